The van der Waals surface area contributed by atoms with E-state index in [-0.39, 0.29) is 0 Å². The van der Waals surface area contributed by atoms with Crippen molar-refractivity contribution in [3.8, 4) is 11.5 Å². The zero-order valence-corrected chi connectivity index (χ0v) is 10.2. The van der Waals surface area contributed by atoms with E-state index in [2.05, 4.69) is 11.9 Å². The minimum atomic E-state index is 0.738. The topological polar surface area (TPSA) is 30.8 Å². The van der Waals surface area contributed by atoms with Gasteiger partial charge in [-0.2, -0.15) is 0 Å². The van der Waals surface area contributed by atoms with Crippen LogP contribution in [0.15, 0.2) is 23.2 Å². The molecule has 0 saturated heterocycles. The number of hydrogen-bond donors (Lipinski definition) is 0. The summed E-state index contributed by atoms with van der Waals surface area (Å²) in [7, 11) is 3.27. The summed E-state index contributed by atoms with van der Waals surface area (Å²) in [4.78, 5) is 4.35. The first kappa shape index (κ1) is 12.6. The molecule has 0 aliphatic carbocycles. The number of ether oxygens (including phenoxy) is 2. The van der Waals surface area contributed by atoms with Crippen LogP contribution in [0.5, 0.6) is 11.5 Å². The van der Waals surface area contributed by atoms with Crippen molar-refractivity contribution in [1.29, 1.82) is 0 Å². The van der Waals surface area contributed by atoms with Crippen LogP contribution in [0, 0.1) is 0 Å². The largest absolute Gasteiger partial charge is 0.493 e. The van der Waals surface area contributed by atoms with Crippen molar-refractivity contribution in [3.63, 3.8) is 0 Å². The molecule has 3 nitrogen and oxygen atoms in total. The van der Waals surface area contributed by atoms with E-state index in [1.807, 2.05) is 24.4 Å². The summed E-state index contributed by atoms with van der Waals surface area (Å²) in [5.74, 6) is 1.48. The van der Waals surface area contributed by atoms with E-state index in [1.54, 1.807) is 14.2 Å². The fourth-order valence-electron chi connectivity index (χ4n) is 1.43. The van der Waals surface area contributed by atoms with E-state index >= 15 is 0 Å². The van der Waals surface area contributed by atoms with E-state index in [1.165, 1.54) is 0 Å². The van der Waals surface area contributed by atoms with Crippen molar-refractivity contribution in [1.82, 2.24) is 0 Å². The lowest BCUT2D eigenvalue weighted by Gasteiger charge is -2.09. The van der Waals surface area contributed by atoms with Crippen LogP contribution in [0.25, 0.3) is 0 Å². The lowest BCUT2D eigenvalue weighted by atomic mass is 10.2. The molecule has 0 bridgehead atoms. The summed E-state index contributed by atoms with van der Waals surface area (Å²) in [5.41, 5.74) is 0.956. The number of benzene rings is 1. The maximum atomic E-state index is 5.31. The maximum absolute atomic E-state index is 5.31. The van der Waals surface area contributed by atoms with Crippen LogP contribution in [0.4, 0.5) is 0 Å². The maximum Gasteiger partial charge on any atom is 0.169 e. The lowest BCUT2D eigenvalue weighted by molar-refractivity contribution is 0.354. The van der Waals surface area contributed by atoms with Gasteiger partial charge in [0.25, 0.3) is 0 Å². The highest BCUT2D eigenvalue weighted by Gasteiger charge is 2.06. The number of para-hydroxylation sites is 1. The van der Waals surface area contributed by atoms with Gasteiger partial charge in [-0.25, -0.2) is 0 Å². The minimum absolute atomic E-state index is 0.738. The van der Waals surface area contributed by atoms with E-state index in [0.717, 1.165) is 36.4 Å². The zero-order chi connectivity index (χ0) is 11.8. The predicted molar refractivity (Wildman–Crippen MR) is 66.9 cm³/mol. The molecule has 0 N–H and O–H groups in total. The summed E-state index contributed by atoms with van der Waals surface area (Å²) in [6, 6.07) is 5.78. The SMILES string of the molecule is CCCCN=Cc1cccc(OC)c1OC. The Bertz CT molecular complexity index is 348. The van der Waals surface area contributed by atoms with Crippen LogP contribution >= 0.6 is 0 Å². The molecule has 1 rings (SSSR count). The highest BCUT2D eigenvalue weighted by Crippen LogP contribution is 2.29. The molecule has 0 unspecified atom stereocenters. The second-order valence-corrected chi connectivity index (χ2v) is 3.47. The van der Waals surface area contributed by atoms with Gasteiger partial charge in [0.1, 0.15) is 0 Å². The summed E-state index contributed by atoms with van der Waals surface area (Å²) in [6.45, 7) is 3.01. The molecule has 0 amide bonds. The molecule has 0 saturated carbocycles. The number of unbranched alkanes of at least 4 members (excludes halogenated alkanes) is 1. The van der Waals surface area contributed by atoms with Gasteiger partial charge in [0.2, 0.25) is 0 Å². The molecule has 0 radical (unpaired) electrons. The fraction of sp³-hybridized carbons (Fsp3) is 0.462. The van der Waals surface area contributed by atoms with Crippen molar-refractivity contribution < 1.29 is 9.47 Å². The smallest absolute Gasteiger partial charge is 0.169 e. The highest BCUT2D eigenvalue weighted by atomic mass is 16.5. The Hall–Kier alpha value is -1.51. The molecule has 3 heteroatoms. The molecule has 0 aromatic heterocycles. The number of methoxy groups -OCH3 is 2. The standard InChI is InChI=1S/C13H19NO2/c1-4-5-9-14-10-11-7-6-8-12(15-2)13(11)16-3/h6-8,10H,4-5,9H2,1-3H3. The second kappa shape index (κ2) is 6.88. The molecule has 0 heterocycles. The monoisotopic (exact) mass is 221 g/mol. The Morgan fingerprint density at radius 1 is 1.25 bits per heavy atom. The third-order valence-corrected chi connectivity index (χ3v) is 2.30. The van der Waals surface area contributed by atoms with E-state index in [9.17, 15) is 0 Å². The lowest BCUT2D eigenvalue weighted by Crippen LogP contribution is -1.95. The molecule has 0 spiro atoms. The average Bonchev–Trinajstić information content (AvgIpc) is 2.34. The van der Waals surface area contributed by atoms with Gasteiger partial charge in [0, 0.05) is 18.3 Å². The van der Waals surface area contributed by atoms with Crippen molar-refractivity contribution in [2.45, 2.75) is 19.8 Å². The quantitative estimate of drug-likeness (QED) is 0.546. The first-order valence-electron chi connectivity index (χ1n) is 5.54. The molecule has 0 aliphatic heterocycles. The van der Waals surface area contributed by atoms with Gasteiger partial charge in [-0.3, -0.25) is 4.99 Å². The van der Waals surface area contributed by atoms with Crippen LogP contribution in [0.2, 0.25) is 0 Å². The van der Waals surface area contributed by atoms with Crippen molar-refractivity contribution in [3.05, 3.63) is 23.8 Å². The van der Waals surface area contributed by atoms with Gasteiger partial charge in [-0.15, -0.1) is 0 Å². The summed E-state index contributed by atoms with van der Waals surface area (Å²) in [6.07, 6.45) is 4.12. The molecular formula is C13H19NO2. The van der Waals surface area contributed by atoms with E-state index in [4.69, 9.17) is 9.47 Å². The Morgan fingerprint density at radius 2 is 2.06 bits per heavy atom. The van der Waals surface area contributed by atoms with Crippen molar-refractivity contribution in [2.75, 3.05) is 20.8 Å². The number of aliphatic imine (C=N–C) groups is 1. The summed E-state index contributed by atoms with van der Waals surface area (Å²) < 4.78 is 10.5. The van der Waals surface area contributed by atoms with Crippen LogP contribution in [0.1, 0.15) is 25.3 Å². The Balaban J connectivity index is 2.82. The normalized spacial score (nSPS) is 10.7. The first-order valence-corrected chi connectivity index (χ1v) is 5.54. The molecule has 16 heavy (non-hydrogen) atoms. The third-order valence-electron chi connectivity index (χ3n) is 2.30. The van der Waals surface area contributed by atoms with Crippen molar-refractivity contribution in [2.24, 2.45) is 4.99 Å². The van der Waals surface area contributed by atoms with Crippen molar-refractivity contribution >= 4 is 6.21 Å². The van der Waals surface area contributed by atoms with Crippen LogP contribution in [-0.4, -0.2) is 27.0 Å². The Kier molecular flexibility index (Phi) is 5.40. The fourth-order valence-corrected chi connectivity index (χ4v) is 1.43. The Morgan fingerprint density at radius 3 is 2.69 bits per heavy atom. The third kappa shape index (κ3) is 3.26. The molecule has 1 aromatic rings. The van der Waals surface area contributed by atoms with E-state index < -0.39 is 0 Å². The number of nitrogens with zero attached hydrogens (tertiary/aromatic N) is 1. The average molecular weight is 221 g/mol. The summed E-state index contributed by atoms with van der Waals surface area (Å²) >= 11 is 0. The van der Waals surface area contributed by atoms with Gasteiger partial charge in [0.05, 0.1) is 14.2 Å². The minimum Gasteiger partial charge on any atom is -0.493 e. The first-order chi connectivity index (χ1) is 7.83. The number of rotatable bonds is 6. The van der Waals surface area contributed by atoms with Gasteiger partial charge < -0.3 is 9.47 Å². The molecule has 0 aliphatic rings. The van der Waals surface area contributed by atoms with Gasteiger partial charge >= 0.3 is 0 Å². The van der Waals surface area contributed by atoms with Crippen LogP contribution < -0.4 is 9.47 Å². The van der Waals surface area contributed by atoms with Crippen LogP contribution in [-0.2, 0) is 0 Å². The number of hydrogen-bond acceptors (Lipinski definition) is 3. The molecule has 1 aromatic carbocycles. The van der Waals surface area contributed by atoms with E-state index in [0.29, 0.717) is 0 Å². The van der Waals surface area contributed by atoms with Gasteiger partial charge in [0.15, 0.2) is 11.5 Å². The molecule has 0 fully saturated rings. The van der Waals surface area contributed by atoms with Crippen LogP contribution in [0.3, 0.4) is 0 Å². The van der Waals surface area contributed by atoms with Gasteiger partial charge in [-0.1, -0.05) is 19.4 Å². The zero-order valence-electron chi connectivity index (χ0n) is 10.2. The second-order valence-electron chi connectivity index (χ2n) is 3.47. The highest BCUT2D eigenvalue weighted by molar-refractivity contribution is 5.85. The molecule has 0 atom stereocenters. The van der Waals surface area contributed by atoms with Gasteiger partial charge in [-0.05, 0) is 18.6 Å². The molecular weight excluding hydrogens is 202 g/mol. The Labute approximate surface area is 97.1 Å². The molecule has 88 valence electrons. The summed E-state index contributed by atoms with van der Waals surface area (Å²) in [5, 5.41) is 0. The predicted octanol–water partition coefficient (Wildman–Crippen LogP) is 2.92.